The molecule has 0 aliphatic heterocycles. The zero-order valence-corrected chi connectivity index (χ0v) is 12.7. The first-order chi connectivity index (χ1) is 11.2. The van der Waals surface area contributed by atoms with E-state index in [-0.39, 0.29) is 5.91 Å². The van der Waals surface area contributed by atoms with Crippen molar-refractivity contribution in [1.82, 2.24) is 20.4 Å². The van der Waals surface area contributed by atoms with E-state index in [1.54, 1.807) is 18.3 Å². The van der Waals surface area contributed by atoms with E-state index in [1.165, 1.54) is 6.20 Å². The second kappa shape index (κ2) is 6.83. The van der Waals surface area contributed by atoms with Crippen molar-refractivity contribution >= 4 is 5.91 Å². The molecule has 2 heterocycles. The smallest absolute Gasteiger partial charge is 0.252 e. The van der Waals surface area contributed by atoms with E-state index in [0.29, 0.717) is 30.2 Å². The number of hydrogen-bond acceptors (Lipinski definition) is 5. The van der Waals surface area contributed by atoms with Gasteiger partial charge in [-0.3, -0.25) is 9.78 Å². The summed E-state index contributed by atoms with van der Waals surface area (Å²) in [7, 11) is 0. The second-order valence-corrected chi connectivity index (χ2v) is 5.13. The molecule has 116 valence electrons. The van der Waals surface area contributed by atoms with Crippen molar-refractivity contribution in [1.29, 1.82) is 0 Å². The minimum Gasteiger partial charge on any atom is -0.351 e. The molecule has 23 heavy (non-hydrogen) atoms. The predicted molar refractivity (Wildman–Crippen MR) is 84.7 cm³/mol. The van der Waals surface area contributed by atoms with Crippen LogP contribution in [0.15, 0.2) is 53.3 Å². The first kappa shape index (κ1) is 14.9. The van der Waals surface area contributed by atoms with Crippen LogP contribution >= 0.6 is 0 Å². The van der Waals surface area contributed by atoms with Crippen molar-refractivity contribution < 1.29 is 9.32 Å². The van der Waals surface area contributed by atoms with E-state index in [0.717, 1.165) is 11.1 Å². The lowest BCUT2D eigenvalue weighted by Crippen LogP contribution is -2.25. The van der Waals surface area contributed by atoms with Gasteiger partial charge in [0.25, 0.3) is 5.91 Å². The number of amides is 1. The average Bonchev–Trinajstić information content (AvgIpc) is 3.04. The molecular weight excluding hydrogens is 292 g/mol. The van der Waals surface area contributed by atoms with Crippen molar-refractivity contribution in [2.75, 3.05) is 6.54 Å². The van der Waals surface area contributed by atoms with Gasteiger partial charge in [0.05, 0.1) is 5.56 Å². The first-order valence-electron chi connectivity index (χ1n) is 7.30. The molecule has 0 saturated heterocycles. The molecule has 0 spiro atoms. The highest BCUT2D eigenvalue weighted by Crippen LogP contribution is 2.16. The number of rotatable bonds is 5. The van der Waals surface area contributed by atoms with Gasteiger partial charge in [-0.15, -0.1) is 0 Å². The van der Waals surface area contributed by atoms with Gasteiger partial charge in [0, 0.05) is 30.9 Å². The number of nitrogens with one attached hydrogen (secondary N) is 1. The molecule has 6 nitrogen and oxygen atoms in total. The van der Waals surface area contributed by atoms with Gasteiger partial charge in [-0.05, 0) is 25.1 Å². The van der Waals surface area contributed by atoms with Gasteiger partial charge in [-0.25, -0.2) is 0 Å². The van der Waals surface area contributed by atoms with E-state index in [4.69, 9.17) is 4.52 Å². The molecule has 0 radical (unpaired) electrons. The van der Waals surface area contributed by atoms with E-state index in [1.807, 2.05) is 31.2 Å². The van der Waals surface area contributed by atoms with Crippen molar-refractivity contribution in [2.45, 2.75) is 13.3 Å². The summed E-state index contributed by atoms with van der Waals surface area (Å²) < 4.78 is 5.22. The maximum absolute atomic E-state index is 11.9. The summed E-state index contributed by atoms with van der Waals surface area (Å²) in [6.07, 6.45) is 3.63. The Labute approximate surface area is 133 Å². The van der Waals surface area contributed by atoms with Gasteiger partial charge in [0.2, 0.25) is 11.7 Å². The molecule has 1 N–H and O–H groups in total. The lowest BCUT2D eigenvalue weighted by Gasteiger charge is -2.02. The van der Waals surface area contributed by atoms with Crippen molar-refractivity contribution in [3.63, 3.8) is 0 Å². The van der Waals surface area contributed by atoms with Crippen LogP contribution in [0, 0.1) is 6.92 Å². The molecule has 2 aromatic heterocycles. The lowest BCUT2D eigenvalue weighted by molar-refractivity contribution is 0.0953. The molecule has 1 aromatic carbocycles. The number of benzene rings is 1. The van der Waals surface area contributed by atoms with E-state index >= 15 is 0 Å². The highest BCUT2D eigenvalue weighted by molar-refractivity contribution is 5.93. The molecule has 0 aliphatic carbocycles. The Bertz CT molecular complexity index is 799. The summed E-state index contributed by atoms with van der Waals surface area (Å²) in [5.41, 5.74) is 2.58. The molecule has 0 aliphatic rings. The van der Waals surface area contributed by atoms with Crippen molar-refractivity contribution in [3.8, 4) is 11.4 Å². The summed E-state index contributed by atoms with van der Waals surface area (Å²) in [5.74, 6) is 0.881. The Morgan fingerprint density at radius 2 is 2.17 bits per heavy atom. The van der Waals surface area contributed by atoms with Gasteiger partial charge in [-0.1, -0.05) is 28.9 Å². The number of nitrogens with zero attached hydrogens (tertiary/aromatic N) is 3. The number of hydrogen-bond donors (Lipinski definition) is 1. The quantitative estimate of drug-likeness (QED) is 0.783. The van der Waals surface area contributed by atoms with E-state index in [9.17, 15) is 4.79 Å². The third-order valence-electron chi connectivity index (χ3n) is 3.29. The van der Waals surface area contributed by atoms with Crippen LogP contribution in [0.3, 0.4) is 0 Å². The lowest BCUT2D eigenvalue weighted by atomic mass is 10.1. The molecule has 0 atom stereocenters. The fourth-order valence-electron chi connectivity index (χ4n) is 2.14. The Hall–Kier alpha value is -3.02. The van der Waals surface area contributed by atoms with Crippen LogP contribution in [-0.4, -0.2) is 27.6 Å². The Morgan fingerprint density at radius 1 is 1.26 bits per heavy atom. The summed E-state index contributed by atoms with van der Waals surface area (Å²) in [5, 5.41) is 6.77. The number of aromatic nitrogens is 3. The topological polar surface area (TPSA) is 80.9 Å². The Kier molecular flexibility index (Phi) is 4.42. The zero-order chi connectivity index (χ0) is 16.1. The molecule has 0 saturated carbocycles. The van der Waals surface area contributed by atoms with Gasteiger partial charge in [-0.2, -0.15) is 4.98 Å². The summed E-state index contributed by atoms with van der Waals surface area (Å²) in [6.45, 7) is 2.43. The number of aryl methyl sites for hydroxylation is 1. The first-order valence-corrected chi connectivity index (χ1v) is 7.30. The van der Waals surface area contributed by atoms with Crippen molar-refractivity contribution in [2.24, 2.45) is 0 Å². The average molecular weight is 308 g/mol. The largest absolute Gasteiger partial charge is 0.351 e. The normalized spacial score (nSPS) is 10.5. The summed E-state index contributed by atoms with van der Waals surface area (Å²) in [4.78, 5) is 20.1. The van der Waals surface area contributed by atoms with Crippen LogP contribution in [-0.2, 0) is 6.42 Å². The fraction of sp³-hybridized carbons (Fsp3) is 0.176. The monoisotopic (exact) mass is 308 g/mol. The molecule has 6 heteroatoms. The molecule has 1 amide bonds. The number of pyridine rings is 1. The highest BCUT2D eigenvalue weighted by Gasteiger charge is 2.10. The Balaban J connectivity index is 1.57. The minimum atomic E-state index is -0.170. The standard InChI is InChI=1S/C17H16N4O2/c1-12-4-2-5-13(10-12)16-20-15(23-21-16)7-9-19-17(22)14-6-3-8-18-11-14/h2-6,8,10-11H,7,9H2,1H3,(H,19,22). The zero-order valence-electron chi connectivity index (χ0n) is 12.7. The SMILES string of the molecule is Cc1cccc(-c2noc(CCNC(=O)c3cccnc3)n2)c1. The number of carbonyl (C=O) groups excluding carboxylic acids is 1. The maximum atomic E-state index is 11.9. The van der Waals surface area contributed by atoms with Gasteiger partial charge < -0.3 is 9.84 Å². The third-order valence-corrected chi connectivity index (χ3v) is 3.29. The van der Waals surface area contributed by atoms with Gasteiger partial charge in [0.15, 0.2) is 0 Å². The van der Waals surface area contributed by atoms with E-state index < -0.39 is 0 Å². The van der Waals surface area contributed by atoms with Crippen LogP contribution in [0.1, 0.15) is 21.8 Å². The molecular formula is C17H16N4O2. The van der Waals surface area contributed by atoms with Crippen molar-refractivity contribution in [3.05, 3.63) is 65.8 Å². The van der Waals surface area contributed by atoms with Gasteiger partial charge >= 0.3 is 0 Å². The van der Waals surface area contributed by atoms with Crippen LogP contribution < -0.4 is 5.32 Å². The highest BCUT2D eigenvalue weighted by atomic mass is 16.5. The molecule has 0 bridgehead atoms. The third kappa shape index (κ3) is 3.79. The summed E-state index contributed by atoms with van der Waals surface area (Å²) in [6, 6.07) is 11.3. The van der Waals surface area contributed by atoms with Crippen LogP contribution in [0.5, 0.6) is 0 Å². The van der Waals surface area contributed by atoms with Crippen LogP contribution in [0.4, 0.5) is 0 Å². The Morgan fingerprint density at radius 3 is 2.96 bits per heavy atom. The van der Waals surface area contributed by atoms with Gasteiger partial charge in [0.1, 0.15) is 0 Å². The predicted octanol–water partition coefficient (Wildman–Crippen LogP) is 2.41. The number of carbonyl (C=O) groups is 1. The molecule has 3 aromatic rings. The molecule has 0 fully saturated rings. The van der Waals surface area contributed by atoms with E-state index in [2.05, 4.69) is 20.4 Å². The second-order valence-electron chi connectivity index (χ2n) is 5.13. The fourth-order valence-corrected chi connectivity index (χ4v) is 2.14. The maximum Gasteiger partial charge on any atom is 0.252 e. The van der Waals surface area contributed by atoms with Crippen LogP contribution in [0.25, 0.3) is 11.4 Å². The summed E-state index contributed by atoms with van der Waals surface area (Å²) >= 11 is 0. The van der Waals surface area contributed by atoms with Crippen LogP contribution in [0.2, 0.25) is 0 Å². The molecule has 0 unspecified atom stereocenters. The minimum absolute atomic E-state index is 0.170. The molecule has 3 rings (SSSR count).